The number of nitrogens with zero attached hydrogens (tertiary/aromatic N) is 1. The Balaban J connectivity index is 2.86. The molecule has 0 aromatic heterocycles. The van der Waals surface area contributed by atoms with E-state index in [1.807, 2.05) is 0 Å². The van der Waals surface area contributed by atoms with Gasteiger partial charge >= 0.3 is 0 Å². The number of hydrogen-bond acceptors (Lipinski definition) is 4. The number of unbranched alkanes of at least 4 members (excludes halogenated alkanes) is 2. The first kappa shape index (κ1) is 19.3. The summed E-state index contributed by atoms with van der Waals surface area (Å²) < 4.78 is 0. The fraction of sp³-hybridized carbons (Fsp3) is 0.812. The minimum Gasteiger partial charge on any atom is -0.312 e. The summed E-state index contributed by atoms with van der Waals surface area (Å²) in [5, 5.41) is -0.327. The smallest absolute Gasteiger partial charge is 0.243 e. The van der Waals surface area contributed by atoms with Gasteiger partial charge in [0.05, 0.1) is 16.5 Å². The zero-order valence-corrected chi connectivity index (χ0v) is 15.1. The van der Waals surface area contributed by atoms with E-state index in [0.717, 1.165) is 25.0 Å². The van der Waals surface area contributed by atoms with Gasteiger partial charge in [0.25, 0.3) is 0 Å². The molecule has 1 aliphatic heterocycles. The molecule has 22 heavy (non-hydrogen) atoms. The SMILES string of the molecule is [B]C(=O)C(C)(C)C(C)(C)N1C(=O)CC(SCCCCC)C1=O. The van der Waals surface area contributed by atoms with Crippen molar-refractivity contribution in [2.45, 2.75) is 71.1 Å². The zero-order valence-electron chi connectivity index (χ0n) is 14.3. The van der Waals surface area contributed by atoms with Gasteiger partial charge in [-0.25, -0.2) is 0 Å². The third-order valence-corrected chi connectivity index (χ3v) is 6.17. The Labute approximate surface area is 139 Å². The lowest BCUT2D eigenvalue weighted by molar-refractivity contribution is -0.151. The highest BCUT2D eigenvalue weighted by atomic mass is 32.2. The molecule has 1 unspecified atom stereocenters. The van der Waals surface area contributed by atoms with Gasteiger partial charge in [-0.2, -0.15) is 0 Å². The Hall–Kier alpha value is -0.775. The Morgan fingerprint density at radius 2 is 1.86 bits per heavy atom. The molecule has 0 N–H and O–H groups in total. The highest BCUT2D eigenvalue weighted by Crippen LogP contribution is 2.40. The van der Waals surface area contributed by atoms with Gasteiger partial charge in [0.15, 0.2) is 7.85 Å². The van der Waals surface area contributed by atoms with Crippen molar-refractivity contribution >= 4 is 37.1 Å². The van der Waals surface area contributed by atoms with Gasteiger partial charge in [-0.15, -0.1) is 11.8 Å². The monoisotopic (exact) mass is 323 g/mol. The van der Waals surface area contributed by atoms with Gasteiger partial charge < -0.3 is 4.79 Å². The van der Waals surface area contributed by atoms with E-state index in [2.05, 4.69) is 6.92 Å². The van der Waals surface area contributed by atoms with E-state index < -0.39 is 16.6 Å². The van der Waals surface area contributed by atoms with Gasteiger partial charge in [-0.3, -0.25) is 14.5 Å². The number of hydrogen-bond donors (Lipinski definition) is 0. The minimum atomic E-state index is -0.986. The molecule has 0 aliphatic carbocycles. The first-order valence-electron chi connectivity index (χ1n) is 7.85. The summed E-state index contributed by atoms with van der Waals surface area (Å²) in [6, 6.07) is 0. The maximum Gasteiger partial charge on any atom is 0.243 e. The minimum absolute atomic E-state index is 0.189. The summed E-state index contributed by atoms with van der Waals surface area (Å²) in [6.45, 7) is 8.95. The van der Waals surface area contributed by atoms with Gasteiger partial charge in [0.1, 0.15) is 0 Å². The first-order chi connectivity index (χ1) is 10.1. The molecular weight excluding hydrogens is 297 g/mol. The van der Waals surface area contributed by atoms with Gasteiger partial charge in [0, 0.05) is 11.8 Å². The molecule has 0 saturated carbocycles. The standard InChI is InChI=1S/C16H26BNO3S/c1-6-7-8-9-22-11-10-12(19)18(13(11)20)16(4,5)15(2,3)14(17)21/h11H,6-10H2,1-5H3. The molecule has 0 aromatic rings. The predicted octanol–water partition coefficient (Wildman–Crippen LogP) is 2.54. The maximum atomic E-state index is 12.6. The van der Waals surface area contributed by atoms with Crippen molar-refractivity contribution in [3.63, 3.8) is 0 Å². The highest BCUT2D eigenvalue weighted by Gasteiger charge is 2.53. The van der Waals surface area contributed by atoms with Gasteiger partial charge in [0.2, 0.25) is 11.8 Å². The van der Waals surface area contributed by atoms with Crippen LogP contribution in [0.5, 0.6) is 0 Å². The number of likely N-dealkylation sites (tertiary alicyclic amines) is 1. The molecule has 1 rings (SSSR count). The quantitative estimate of drug-likeness (QED) is 0.391. The number of thioether (sulfide) groups is 1. The van der Waals surface area contributed by atoms with Crippen LogP contribution in [0.1, 0.15) is 60.3 Å². The van der Waals surface area contributed by atoms with Crippen molar-refractivity contribution in [3.05, 3.63) is 0 Å². The lowest BCUT2D eigenvalue weighted by Crippen LogP contribution is -2.59. The molecule has 2 amide bonds. The van der Waals surface area contributed by atoms with Crippen LogP contribution in [0.25, 0.3) is 0 Å². The summed E-state index contributed by atoms with van der Waals surface area (Å²) in [7, 11) is 5.47. The average molecular weight is 323 g/mol. The number of carbonyl (C=O) groups is 3. The van der Waals surface area contributed by atoms with Crippen molar-refractivity contribution in [2.75, 3.05) is 5.75 Å². The number of carbonyl (C=O) groups excluding carboxylic acids is 3. The summed E-state index contributed by atoms with van der Waals surface area (Å²) >= 11 is 1.55. The van der Waals surface area contributed by atoms with Crippen LogP contribution in [0.15, 0.2) is 0 Å². The molecule has 1 heterocycles. The molecule has 1 saturated heterocycles. The normalized spacial score (nSPS) is 19.9. The molecule has 1 atom stereocenters. The Bertz CT molecular complexity index is 462. The summed E-state index contributed by atoms with van der Waals surface area (Å²) in [5.41, 5.74) is -2.44. The average Bonchev–Trinajstić information content (AvgIpc) is 2.69. The van der Waals surface area contributed by atoms with Crippen LogP contribution in [-0.4, -0.2) is 46.8 Å². The Morgan fingerprint density at radius 3 is 2.36 bits per heavy atom. The molecule has 1 fully saturated rings. The van der Waals surface area contributed by atoms with Crippen molar-refractivity contribution in [1.82, 2.24) is 4.90 Å². The Morgan fingerprint density at radius 1 is 1.27 bits per heavy atom. The topological polar surface area (TPSA) is 54.5 Å². The van der Waals surface area contributed by atoms with E-state index in [9.17, 15) is 14.4 Å². The van der Waals surface area contributed by atoms with Crippen molar-refractivity contribution in [3.8, 4) is 0 Å². The highest BCUT2D eigenvalue weighted by molar-refractivity contribution is 8.00. The number of amides is 2. The van der Waals surface area contributed by atoms with Gasteiger partial charge in [-0.05, 0) is 26.0 Å². The van der Waals surface area contributed by atoms with E-state index in [1.165, 1.54) is 4.90 Å². The van der Waals surface area contributed by atoms with Crippen LogP contribution >= 0.6 is 11.8 Å². The molecule has 1 aliphatic rings. The molecule has 4 nitrogen and oxygen atoms in total. The third kappa shape index (κ3) is 3.58. The fourth-order valence-corrected chi connectivity index (χ4v) is 3.64. The third-order valence-electron chi connectivity index (χ3n) is 4.88. The van der Waals surface area contributed by atoms with E-state index in [-0.39, 0.29) is 23.5 Å². The lowest BCUT2D eigenvalue weighted by atomic mass is 9.65. The largest absolute Gasteiger partial charge is 0.312 e. The number of imide groups is 1. The molecule has 0 spiro atoms. The number of rotatable bonds is 8. The van der Waals surface area contributed by atoms with E-state index in [4.69, 9.17) is 7.85 Å². The van der Waals surface area contributed by atoms with E-state index in [1.54, 1.807) is 39.5 Å². The molecule has 6 heteroatoms. The van der Waals surface area contributed by atoms with Crippen molar-refractivity contribution < 1.29 is 14.4 Å². The summed E-state index contributed by atoms with van der Waals surface area (Å²) in [6.07, 6.45) is 3.53. The van der Waals surface area contributed by atoms with Crippen molar-refractivity contribution in [2.24, 2.45) is 5.41 Å². The second kappa shape index (κ2) is 7.20. The summed E-state index contributed by atoms with van der Waals surface area (Å²) in [4.78, 5) is 38.0. The molecular formula is C16H26BNO3S. The lowest BCUT2D eigenvalue weighted by Gasteiger charge is -2.45. The van der Waals surface area contributed by atoms with E-state index >= 15 is 0 Å². The fourth-order valence-electron chi connectivity index (χ4n) is 2.48. The van der Waals surface area contributed by atoms with Gasteiger partial charge in [-0.1, -0.05) is 33.6 Å². The van der Waals surface area contributed by atoms with Crippen LogP contribution in [0.4, 0.5) is 0 Å². The van der Waals surface area contributed by atoms with Crippen LogP contribution < -0.4 is 0 Å². The molecule has 0 bridgehead atoms. The summed E-state index contributed by atoms with van der Waals surface area (Å²) in [5.74, 6) is 0.480. The van der Waals surface area contributed by atoms with Crippen LogP contribution in [0.2, 0.25) is 0 Å². The second-order valence-corrected chi connectivity index (χ2v) is 8.20. The first-order valence-corrected chi connectivity index (χ1v) is 8.90. The predicted molar refractivity (Wildman–Crippen MR) is 90.9 cm³/mol. The second-order valence-electron chi connectivity index (χ2n) is 6.89. The van der Waals surface area contributed by atoms with E-state index in [0.29, 0.717) is 0 Å². The molecule has 2 radical (unpaired) electrons. The van der Waals surface area contributed by atoms with Crippen LogP contribution in [-0.2, 0) is 14.4 Å². The Kier molecular flexibility index (Phi) is 6.31. The van der Waals surface area contributed by atoms with Crippen LogP contribution in [0.3, 0.4) is 0 Å². The maximum absolute atomic E-state index is 12.6. The van der Waals surface area contributed by atoms with Crippen molar-refractivity contribution in [1.29, 1.82) is 0 Å². The molecule has 0 aromatic carbocycles. The van der Waals surface area contributed by atoms with Crippen LogP contribution in [0, 0.1) is 5.41 Å². The zero-order chi connectivity index (χ0) is 17.1. The molecule has 122 valence electrons.